The molecule has 2 unspecified atom stereocenters. The van der Waals surface area contributed by atoms with Crippen molar-refractivity contribution in [1.29, 1.82) is 0 Å². The highest BCUT2D eigenvalue weighted by atomic mass is 19.4. The first-order valence-corrected chi connectivity index (χ1v) is 15.7. The first-order chi connectivity index (χ1) is 21.5. The van der Waals surface area contributed by atoms with Crippen molar-refractivity contribution in [3.8, 4) is 0 Å². The minimum atomic E-state index is -4.73. The van der Waals surface area contributed by atoms with E-state index < -0.39 is 46.9 Å². The summed E-state index contributed by atoms with van der Waals surface area (Å²) in [6.07, 6.45) is 0.208. The summed E-state index contributed by atoms with van der Waals surface area (Å²) < 4.78 is 46.7. The van der Waals surface area contributed by atoms with Gasteiger partial charge in [0, 0.05) is 44.9 Å². The number of amides is 2. The molecule has 3 heterocycles. The number of carbonyl (C=O) groups is 3. The average Bonchev–Trinajstić information content (AvgIpc) is 3.02. The second kappa shape index (κ2) is 15.2. The summed E-state index contributed by atoms with van der Waals surface area (Å²) in [4.78, 5) is 45.0. The van der Waals surface area contributed by atoms with Crippen LogP contribution in [0.2, 0.25) is 0 Å². The molecular weight excluding hydrogens is 591 g/mol. The molecule has 0 aliphatic carbocycles. The van der Waals surface area contributed by atoms with Gasteiger partial charge in [0.2, 0.25) is 5.91 Å². The molecule has 2 atom stereocenters. The predicted octanol–water partition coefficient (Wildman–Crippen LogP) is 5.06. The number of likely N-dealkylation sites (tertiary alicyclic amines) is 2. The number of carbonyl (C=O) groups excluding carboxylic acids is 2. The largest absolute Gasteiger partial charge is 0.481 e. The van der Waals surface area contributed by atoms with Crippen LogP contribution in [-0.2, 0) is 32.5 Å². The number of hydrogen-bond acceptors (Lipinski definition) is 6. The third-order valence-corrected chi connectivity index (χ3v) is 8.87. The zero-order valence-corrected chi connectivity index (χ0v) is 25.6. The molecule has 2 amide bonds. The zero-order valence-electron chi connectivity index (χ0n) is 25.6. The van der Waals surface area contributed by atoms with Crippen LogP contribution in [0.3, 0.4) is 0 Å². The second-order valence-corrected chi connectivity index (χ2v) is 11.9. The van der Waals surface area contributed by atoms with E-state index in [0.29, 0.717) is 77.7 Å². The van der Waals surface area contributed by atoms with E-state index in [0.717, 1.165) is 23.3 Å². The number of aliphatic carboxylic acids is 1. The standard InChI is InChI=1S/C33H42F3N3O6/c1-2-8-27-24(10-6-18-39(27)31(43)29-26(33(34,35)36)12-5-17-37-29)30(42)38-19-15-32(44,16-20-38)25-11-4-3-9-23(25)14-22-45-21-7-13-28(40)41/h3-5,9,11-12,17,24,27,44H,2,6-8,10,13-16,18-22H2,1H3,(H,40,41). The monoisotopic (exact) mass is 633 g/mol. The van der Waals surface area contributed by atoms with Crippen LogP contribution in [-0.4, -0.2) is 81.7 Å². The van der Waals surface area contributed by atoms with Gasteiger partial charge in [-0.1, -0.05) is 37.6 Å². The van der Waals surface area contributed by atoms with Crippen LogP contribution in [0.25, 0.3) is 0 Å². The Labute approximate surface area is 261 Å². The number of aliphatic hydroxyl groups is 1. The normalized spacial score (nSPS) is 20.2. The first-order valence-electron chi connectivity index (χ1n) is 15.7. The fraction of sp³-hybridized carbons (Fsp3) is 0.576. The Balaban J connectivity index is 1.42. The van der Waals surface area contributed by atoms with Crippen LogP contribution >= 0.6 is 0 Å². The van der Waals surface area contributed by atoms with Crippen molar-refractivity contribution in [3.05, 3.63) is 65.0 Å². The maximum absolute atomic E-state index is 13.9. The van der Waals surface area contributed by atoms with E-state index in [1.54, 1.807) is 4.90 Å². The highest BCUT2D eigenvalue weighted by Gasteiger charge is 2.44. The van der Waals surface area contributed by atoms with Gasteiger partial charge in [-0.3, -0.25) is 19.4 Å². The van der Waals surface area contributed by atoms with Crippen LogP contribution < -0.4 is 0 Å². The molecule has 12 heteroatoms. The van der Waals surface area contributed by atoms with E-state index in [4.69, 9.17) is 9.84 Å². The lowest BCUT2D eigenvalue weighted by Gasteiger charge is -2.45. The van der Waals surface area contributed by atoms with E-state index in [2.05, 4.69) is 4.98 Å². The van der Waals surface area contributed by atoms with Crippen LogP contribution in [0.1, 0.15) is 85.5 Å². The molecule has 1 aromatic heterocycles. The number of halogens is 3. The third-order valence-electron chi connectivity index (χ3n) is 8.87. The lowest BCUT2D eigenvalue weighted by atomic mass is 9.80. The fourth-order valence-corrected chi connectivity index (χ4v) is 6.59. The van der Waals surface area contributed by atoms with Crippen LogP contribution in [0.15, 0.2) is 42.6 Å². The molecule has 0 radical (unpaired) electrons. The molecule has 2 aliphatic rings. The van der Waals surface area contributed by atoms with Gasteiger partial charge in [0.05, 0.1) is 23.7 Å². The highest BCUT2D eigenvalue weighted by molar-refractivity contribution is 5.95. The summed E-state index contributed by atoms with van der Waals surface area (Å²) in [7, 11) is 0. The SMILES string of the molecule is CCCC1C(C(=O)N2CCC(O)(c3ccccc3CCOCCCC(=O)O)CC2)CCCN1C(=O)c1ncccc1C(F)(F)F. The predicted molar refractivity (Wildman–Crippen MR) is 159 cm³/mol. The van der Waals surface area contributed by atoms with Gasteiger partial charge < -0.3 is 24.7 Å². The van der Waals surface area contributed by atoms with Crippen molar-refractivity contribution in [2.45, 2.75) is 82.5 Å². The van der Waals surface area contributed by atoms with Crippen molar-refractivity contribution in [1.82, 2.24) is 14.8 Å². The molecular formula is C33H42F3N3O6. The van der Waals surface area contributed by atoms with Gasteiger partial charge in [-0.25, -0.2) is 0 Å². The molecule has 2 aromatic rings. The van der Waals surface area contributed by atoms with Gasteiger partial charge in [0.15, 0.2) is 0 Å². The Bertz CT molecular complexity index is 1330. The number of carboxylic acid groups (broad SMARTS) is 1. The molecule has 2 fully saturated rings. The molecule has 246 valence electrons. The smallest absolute Gasteiger partial charge is 0.418 e. The first kappa shape index (κ1) is 34.4. The Hall–Kier alpha value is -3.51. The number of hydrogen-bond donors (Lipinski definition) is 2. The third kappa shape index (κ3) is 8.40. The van der Waals surface area contributed by atoms with Crippen molar-refractivity contribution in [3.63, 3.8) is 0 Å². The summed E-state index contributed by atoms with van der Waals surface area (Å²) in [6, 6.07) is 9.01. The summed E-state index contributed by atoms with van der Waals surface area (Å²) in [5, 5.41) is 20.5. The topological polar surface area (TPSA) is 120 Å². The quantitative estimate of drug-likeness (QED) is 0.314. The van der Waals surface area contributed by atoms with Gasteiger partial charge in [-0.15, -0.1) is 0 Å². The molecule has 45 heavy (non-hydrogen) atoms. The van der Waals surface area contributed by atoms with Gasteiger partial charge in [-0.05, 0) is 68.2 Å². The average molecular weight is 634 g/mol. The van der Waals surface area contributed by atoms with Crippen LogP contribution in [0.5, 0.6) is 0 Å². The lowest BCUT2D eigenvalue weighted by molar-refractivity contribution is -0.144. The number of rotatable bonds is 12. The Morgan fingerprint density at radius 2 is 1.80 bits per heavy atom. The second-order valence-electron chi connectivity index (χ2n) is 11.9. The zero-order chi connectivity index (χ0) is 32.6. The summed E-state index contributed by atoms with van der Waals surface area (Å²) >= 11 is 0. The Morgan fingerprint density at radius 1 is 1.07 bits per heavy atom. The highest BCUT2D eigenvalue weighted by Crippen LogP contribution is 2.38. The molecule has 2 saturated heterocycles. The van der Waals surface area contributed by atoms with E-state index in [-0.39, 0.29) is 18.9 Å². The number of carboxylic acids is 1. The molecule has 0 saturated carbocycles. The summed E-state index contributed by atoms with van der Waals surface area (Å²) in [6.45, 7) is 3.50. The van der Waals surface area contributed by atoms with Gasteiger partial charge >= 0.3 is 12.1 Å². The minimum Gasteiger partial charge on any atom is -0.481 e. The fourth-order valence-electron chi connectivity index (χ4n) is 6.59. The van der Waals surface area contributed by atoms with E-state index >= 15 is 0 Å². The number of pyridine rings is 1. The van der Waals surface area contributed by atoms with Crippen molar-refractivity contribution in [2.75, 3.05) is 32.8 Å². The minimum absolute atomic E-state index is 0.0448. The van der Waals surface area contributed by atoms with E-state index in [1.807, 2.05) is 31.2 Å². The van der Waals surface area contributed by atoms with Gasteiger partial charge in [-0.2, -0.15) is 13.2 Å². The van der Waals surface area contributed by atoms with Gasteiger partial charge in [0.1, 0.15) is 5.69 Å². The van der Waals surface area contributed by atoms with E-state index in [1.165, 1.54) is 11.1 Å². The number of aromatic nitrogens is 1. The van der Waals surface area contributed by atoms with E-state index in [9.17, 15) is 32.7 Å². The van der Waals surface area contributed by atoms with Crippen molar-refractivity contribution in [2.24, 2.45) is 5.92 Å². The number of ether oxygens (including phenoxy) is 1. The number of piperidine rings is 2. The molecule has 0 bridgehead atoms. The number of benzene rings is 1. The summed E-state index contributed by atoms with van der Waals surface area (Å²) in [5.74, 6) is -2.38. The Morgan fingerprint density at radius 3 is 2.49 bits per heavy atom. The van der Waals surface area contributed by atoms with Crippen molar-refractivity contribution >= 4 is 17.8 Å². The lowest BCUT2D eigenvalue weighted by Crippen LogP contribution is -2.55. The molecule has 9 nitrogen and oxygen atoms in total. The summed E-state index contributed by atoms with van der Waals surface area (Å²) in [5.41, 5.74) is -1.18. The molecule has 2 N–H and O–H groups in total. The Kier molecular flexibility index (Phi) is 11.6. The molecule has 2 aliphatic heterocycles. The van der Waals surface area contributed by atoms with Crippen molar-refractivity contribution < 1.29 is 42.5 Å². The van der Waals surface area contributed by atoms with Gasteiger partial charge in [0.25, 0.3) is 5.91 Å². The maximum Gasteiger partial charge on any atom is 0.418 e. The van der Waals surface area contributed by atoms with Crippen LogP contribution in [0, 0.1) is 5.92 Å². The van der Waals surface area contributed by atoms with Crippen LogP contribution in [0.4, 0.5) is 13.2 Å². The molecule has 1 aromatic carbocycles. The molecule has 4 rings (SSSR count). The maximum atomic E-state index is 13.9. The number of alkyl halides is 3. The number of nitrogens with zero attached hydrogens (tertiary/aromatic N) is 3. The molecule has 0 spiro atoms.